The zero-order valence-corrected chi connectivity index (χ0v) is 18.1. The average Bonchev–Trinajstić information content (AvgIpc) is 3.12. The van der Waals surface area contributed by atoms with Crippen molar-refractivity contribution in [1.29, 1.82) is 0 Å². The van der Waals surface area contributed by atoms with Gasteiger partial charge in [-0.25, -0.2) is 4.98 Å². The lowest BCUT2D eigenvalue weighted by atomic mass is 10.1. The summed E-state index contributed by atoms with van der Waals surface area (Å²) in [5, 5.41) is 7.17. The summed E-state index contributed by atoms with van der Waals surface area (Å²) >= 11 is 0. The highest BCUT2D eigenvalue weighted by Gasteiger charge is 2.19. The van der Waals surface area contributed by atoms with Crippen LogP contribution in [0.1, 0.15) is 35.1 Å². The van der Waals surface area contributed by atoms with Gasteiger partial charge in [0.2, 0.25) is 11.7 Å². The summed E-state index contributed by atoms with van der Waals surface area (Å²) in [6, 6.07) is 6.23. The Labute approximate surface area is 179 Å². The molecule has 1 amide bonds. The van der Waals surface area contributed by atoms with Gasteiger partial charge in [0.05, 0.1) is 27.0 Å². The highest BCUT2D eigenvalue weighted by atomic mass is 16.5. The lowest BCUT2D eigenvalue weighted by Crippen LogP contribution is -2.19. The van der Waals surface area contributed by atoms with Crippen LogP contribution >= 0.6 is 0 Å². The zero-order chi connectivity index (χ0) is 22.5. The highest BCUT2D eigenvalue weighted by Crippen LogP contribution is 2.38. The number of amides is 1. The molecule has 2 N–H and O–H groups in total. The largest absolute Gasteiger partial charge is 0.493 e. The molecule has 3 aromatic rings. The minimum absolute atomic E-state index is 0.226. The smallest absolute Gasteiger partial charge is 0.257 e. The maximum atomic E-state index is 13.0. The van der Waals surface area contributed by atoms with E-state index in [0.29, 0.717) is 46.4 Å². The fourth-order valence-electron chi connectivity index (χ4n) is 3.13. The van der Waals surface area contributed by atoms with Gasteiger partial charge in [-0.2, -0.15) is 9.78 Å². The van der Waals surface area contributed by atoms with Crippen molar-refractivity contribution in [2.24, 2.45) is 0 Å². The molecule has 0 saturated carbocycles. The molecule has 0 bridgehead atoms. The first kappa shape index (κ1) is 21.9. The molecule has 0 atom stereocenters. The molecule has 0 aliphatic rings. The van der Waals surface area contributed by atoms with E-state index in [1.54, 1.807) is 25.1 Å². The Bertz CT molecular complexity index is 1130. The van der Waals surface area contributed by atoms with Gasteiger partial charge in [0.25, 0.3) is 11.5 Å². The van der Waals surface area contributed by atoms with Crippen molar-refractivity contribution in [3.8, 4) is 23.2 Å². The molecule has 2 aromatic heterocycles. The molecule has 0 saturated heterocycles. The van der Waals surface area contributed by atoms with Crippen LogP contribution in [-0.4, -0.2) is 47.0 Å². The van der Waals surface area contributed by atoms with Crippen molar-refractivity contribution < 1.29 is 19.0 Å². The molecule has 0 unspecified atom stereocenters. The van der Waals surface area contributed by atoms with Gasteiger partial charge in [-0.3, -0.25) is 14.6 Å². The van der Waals surface area contributed by atoms with Gasteiger partial charge in [0, 0.05) is 23.4 Å². The number of aryl methyl sites for hydroxylation is 2. The number of hydrogen-bond acceptors (Lipinski definition) is 7. The summed E-state index contributed by atoms with van der Waals surface area (Å²) in [6.07, 6.45) is 1.50. The average molecular weight is 427 g/mol. The molecule has 3 rings (SSSR count). The third-order valence-corrected chi connectivity index (χ3v) is 4.49. The van der Waals surface area contributed by atoms with Crippen LogP contribution in [0.4, 0.5) is 5.82 Å². The molecule has 0 aliphatic carbocycles. The molecule has 0 fully saturated rings. The van der Waals surface area contributed by atoms with E-state index in [4.69, 9.17) is 14.2 Å². The van der Waals surface area contributed by atoms with Crippen molar-refractivity contribution >= 4 is 11.7 Å². The maximum Gasteiger partial charge on any atom is 0.257 e. The first-order chi connectivity index (χ1) is 14.9. The van der Waals surface area contributed by atoms with E-state index in [1.807, 2.05) is 6.92 Å². The summed E-state index contributed by atoms with van der Waals surface area (Å²) in [5.74, 6) is 1.26. The van der Waals surface area contributed by atoms with E-state index in [2.05, 4.69) is 20.4 Å². The molecule has 10 heteroatoms. The Morgan fingerprint density at radius 1 is 1.10 bits per heavy atom. The summed E-state index contributed by atoms with van der Waals surface area (Å²) in [7, 11) is 4.44. The van der Waals surface area contributed by atoms with Crippen molar-refractivity contribution in [3.05, 3.63) is 51.6 Å². The number of aromatic amines is 1. The van der Waals surface area contributed by atoms with Gasteiger partial charge in [0.15, 0.2) is 11.5 Å². The predicted molar refractivity (Wildman–Crippen MR) is 115 cm³/mol. The maximum absolute atomic E-state index is 13.0. The minimum atomic E-state index is -0.424. The van der Waals surface area contributed by atoms with E-state index < -0.39 is 5.91 Å². The number of ether oxygens (including phenoxy) is 3. The number of nitrogens with zero attached hydrogens (tertiary/aromatic N) is 3. The number of hydrogen-bond donors (Lipinski definition) is 2. The van der Waals surface area contributed by atoms with Gasteiger partial charge in [-0.15, -0.1) is 0 Å². The minimum Gasteiger partial charge on any atom is -0.493 e. The topological polar surface area (TPSA) is 120 Å². The fourth-order valence-corrected chi connectivity index (χ4v) is 3.13. The summed E-state index contributed by atoms with van der Waals surface area (Å²) in [6.45, 7) is 3.78. The van der Waals surface area contributed by atoms with E-state index in [-0.39, 0.29) is 11.5 Å². The number of nitrogens with one attached hydrogen (secondary N) is 2. The number of rotatable bonds is 8. The van der Waals surface area contributed by atoms with Gasteiger partial charge in [-0.05, 0) is 25.5 Å². The van der Waals surface area contributed by atoms with Crippen LogP contribution in [0.3, 0.4) is 0 Å². The van der Waals surface area contributed by atoms with Gasteiger partial charge < -0.3 is 19.5 Å². The Morgan fingerprint density at radius 3 is 2.35 bits per heavy atom. The van der Waals surface area contributed by atoms with Crippen LogP contribution in [-0.2, 0) is 6.42 Å². The van der Waals surface area contributed by atoms with Crippen molar-refractivity contribution in [2.75, 3.05) is 26.6 Å². The van der Waals surface area contributed by atoms with Crippen molar-refractivity contribution in [1.82, 2.24) is 19.7 Å². The molecule has 0 spiro atoms. The van der Waals surface area contributed by atoms with Crippen LogP contribution < -0.4 is 25.1 Å². The quantitative estimate of drug-likeness (QED) is 0.567. The lowest BCUT2D eigenvalue weighted by Gasteiger charge is -2.14. The first-order valence-corrected chi connectivity index (χ1v) is 9.68. The Hall–Kier alpha value is -3.82. The number of carbonyl (C=O) groups is 1. The Kier molecular flexibility index (Phi) is 6.58. The number of methoxy groups -OCH3 is 3. The molecule has 1 aromatic carbocycles. The Balaban J connectivity index is 1.98. The molecule has 2 heterocycles. The van der Waals surface area contributed by atoms with Crippen LogP contribution in [0.2, 0.25) is 0 Å². The Morgan fingerprint density at radius 2 is 1.77 bits per heavy atom. The monoisotopic (exact) mass is 427 g/mol. The highest BCUT2D eigenvalue weighted by molar-refractivity contribution is 6.04. The standard InChI is InChI=1S/C21H25N5O5/c1-6-7-14-11-18(27)24-21(22-14)26-17(8-12(2)25-26)23-20(28)13-9-15(29-3)19(31-5)16(10-13)30-4/h8-11H,6-7H2,1-5H3,(H,23,28)(H,22,24,27). The molecule has 164 valence electrons. The number of anilines is 1. The number of H-pyrrole nitrogens is 1. The molecule has 10 nitrogen and oxygen atoms in total. The summed E-state index contributed by atoms with van der Waals surface area (Å²) in [5.41, 5.74) is 1.30. The summed E-state index contributed by atoms with van der Waals surface area (Å²) < 4.78 is 17.3. The molecule has 0 aliphatic heterocycles. The van der Waals surface area contributed by atoms with Crippen LogP contribution in [0.5, 0.6) is 17.2 Å². The van der Waals surface area contributed by atoms with Crippen molar-refractivity contribution in [3.63, 3.8) is 0 Å². The normalized spacial score (nSPS) is 10.6. The third-order valence-electron chi connectivity index (χ3n) is 4.49. The van der Waals surface area contributed by atoms with Crippen LogP contribution in [0, 0.1) is 6.92 Å². The lowest BCUT2D eigenvalue weighted by molar-refractivity contribution is 0.102. The summed E-state index contributed by atoms with van der Waals surface area (Å²) in [4.78, 5) is 32.2. The second-order valence-corrected chi connectivity index (χ2v) is 6.76. The van der Waals surface area contributed by atoms with Gasteiger partial charge in [0.1, 0.15) is 5.82 Å². The van der Waals surface area contributed by atoms with E-state index in [1.165, 1.54) is 32.1 Å². The predicted octanol–water partition coefficient (Wildman–Crippen LogP) is 2.49. The van der Waals surface area contributed by atoms with Crippen LogP contribution in [0.15, 0.2) is 29.1 Å². The second-order valence-electron chi connectivity index (χ2n) is 6.76. The van der Waals surface area contributed by atoms with E-state index >= 15 is 0 Å². The van der Waals surface area contributed by atoms with Gasteiger partial charge >= 0.3 is 0 Å². The number of benzene rings is 1. The third kappa shape index (κ3) is 4.68. The van der Waals surface area contributed by atoms with E-state index in [0.717, 1.165) is 6.42 Å². The number of carbonyl (C=O) groups excluding carboxylic acids is 1. The molecule has 31 heavy (non-hydrogen) atoms. The molecular formula is C21H25N5O5. The molecular weight excluding hydrogens is 402 g/mol. The van der Waals surface area contributed by atoms with Crippen LogP contribution in [0.25, 0.3) is 5.95 Å². The molecule has 0 radical (unpaired) electrons. The van der Waals surface area contributed by atoms with E-state index in [9.17, 15) is 9.59 Å². The SMILES string of the molecule is CCCc1cc(=O)[nH]c(-n2nc(C)cc2NC(=O)c2cc(OC)c(OC)c(OC)c2)n1. The zero-order valence-electron chi connectivity index (χ0n) is 18.1. The second kappa shape index (κ2) is 9.33. The fraction of sp³-hybridized carbons (Fsp3) is 0.333. The van der Waals surface area contributed by atoms with Gasteiger partial charge in [-0.1, -0.05) is 13.3 Å². The van der Waals surface area contributed by atoms with Crippen molar-refractivity contribution in [2.45, 2.75) is 26.7 Å². The number of aromatic nitrogens is 4. The first-order valence-electron chi connectivity index (χ1n) is 9.68.